The van der Waals surface area contributed by atoms with Crippen molar-refractivity contribution in [3.05, 3.63) is 142 Å². The predicted octanol–water partition coefficient (Wildman–Crippen LogP) is 9.76. The Labute approximate surface area is 258 Å². The minimum atomic E-state index is -4.41. The maximum atomic E-state index is 13.7. The summed E-state index contributed by atoms with van der Waals surface area (Å²) in [6, 6.07) is 32.3. The number of fused-ring (bicyclic) bond motifs is 5. The quantitative estimate of drug-likeness (QED) is 0.202. The van der Waals surface area contributed by atoms with Gasteiger partial charge >= 0.3 is 6.18 Å². The van der Waals surface area contributed by atoms with Crippen molar-refractivity contribution < 1.29 is 18.3 Å². The summed E-state index contributed by atoms with van der Waals surface area (Å²) in [5.74, 6) is -0.0273. The van der Waals surface area contributed by atoms with E-state index in [0.717, 1.165) is 57.3 Å². The number of halogens is 3. The van der Waals surface area contributed by atoms with Crippen molar-refractivity contribution in [1.29, 1.82) is 0 Å². The second kappa shape index (κ2) is 10.5. The number of allylic oxidation sites excluding steroid dienone is 1. The molecule has 0 spiro atoms. The van der Waals surface area contributed by atoms with Gasteiger partial charge in [0.1, 0.15) is 5.75 Å². The maximum absolute atomic E-state index is 13.7. The summed E-state index contributed by atoms with van der Waals surface area (Å²) >= 11 is 0. The van der Waals surface area contributed by atoms with E-state index in [1.54, 1.807) is 18.2 Å². The molecule has 0 bridgehead atoms. The average molecular weight is 595 g/mol. The van der Waals surface area contributed by atoms with Crippen LogP contribution in [0.2, 0.25) is 0 Å². The van der Waals surface area contributed by atoms with Crippen molar-refractivity contribution in [1.82, 2.24) is 0 Å². The third-order valence-corrected chi connectivity index (χ3v) is 9.34. The fraction of sp³-hybridized carbons (Fsp3) is 0.122. The van der Waals surface area contributed by atoms with Crippen LogP contribution in [-0.4, -0.2) is 5.11 Å². The minimum Gasteiger partial charge on any atom is -0.508 e. The van der Waals surface area contributed by atoms with E-state index < -0.39 is 11.7 Å². The van der Waals surface area contributed by atoms with Crippen LogP contribution >= 0.6 is 0 Å². The standard InChI is InChI=1S/C41H29F3O/c42-41(43,44)29-10-7-9-26(22-29)27-18-21-36-38(23-27)39(25-16-19-30(45)20-17-25)34-14-5-6-15-35(34)40(36)37-24-28-8-1-2-11-31(28)32-12-3-4-13-33(32)37/h1-4,7-22,24,27,45H,5-6,23H2. The Kier molecular flexibility index (Phi) is 6.42. The van der Waals surface area contributed by atoms with Crippen molar-refractivity contribution in [3.63, 3.8) is 0 Å². The van der Waals surface area contributed by atoms with Crippen molar-refractivity contribution in [2.24, 2.45) is 0 Å². The van der Waals surface area contributed by atoms with Gasteiger partial charge in [-0.1, -0.05) is 103 Å². The molecule has 0 radical (unpaired) electrons. The molecule has 1 atom stereocenters. The lowest BCUT2D eigenvalue weighted by molar-refractivity contribution is -0.137. The van der Waals surface area contributed by atoms with Crippen LogP contribution in [0, 0.1) is 0 Å². The van der Waals surface area contributed by atoms with Crippen molar-refractivity contribution in [2.75, 3.05) is 0 Å². The van der Waals surface area contributed by atoms with E-state index in [2.05, 4.69) is 78.9 Å². The predicted molar refractivity (Wildman–Crippen MR) is 178 cm³/mol. The normalized spacial score (nSPS) is 15.8. The first-order chi connectivity index (χ1) is 21.9. The van der Waals surface area contributed by atoms with Crippen molar-refractivity contribution in [3.8, 4) is 28.0 Å². The van der Waals surface area contributed by atoms with Crippen molar-refractivity contribution >= 4 is 39.8 Å². The molecule has 2 aliphatic carbocycles. The number of aromatic hydroxyl groups is 1. The van der Waals surface area contributed by atoms with Crippen LogP contribution in [0.4, 0.5) is 13.2 Å². The van der Waals surface area contributed by atoms with Crippen LogP contribution < -0.4 is 10.4 Å². The zero-order valence-electron chi connectivity index (χ0n) is 24.4. The summed E-state index contributed by atoms with van der Waals surface area (Å²) in [6.07, 6.45) is 6.84. The number of benzene rings is 6. The van der Waals surface area contributed by atoms with Gasteiger partial charge in [0.25, 0.3) is 0 Å². The molecular weight excluding hydrogens is 565 g/mol. The molecule has 1 N–H and O–H groups in total. The second-order valence-corrected chi connectivity index (χ2v) is 12.0. The van der Waals surface area contributed by atoms with Crippen LogP contribution in [0.5, 0.6) is 5.75 Å². The third-order valence-electron chi connectivity index (χ3n) is 9.34. The van der Waals surface area contributed by atoms with Crippen LogP contribution in [0.3, 0.4) is 0 Å². The Morgan fingerprint density at radius 2 is 1.36 bits per heavy atom. The smallest absolute Gasteiger partial charge is 0.416 e. The van der Waals surface area contributed by atoms with Crippen LogP contribution in [0.25, 0.3) is 62.0 Å². The molecule has 1 unspecified atom stereocenters. The molecule has 6 aromatic carbocycles. The zero-order valence-corrected chi connectivity index (χ0v) is 24.4. The number of phenols is 1. The molecule has 0 aliphatic heterocycles. The highest BCUT2D eigenvalue weighted by atomic mass is 19.4. The van der Waals surface area contributed by atoms with Gasteiger partial charge in [-0.2, -0.15) is 13.2 Å². The molecule has 8 rings (SSSR count). The number of hydrogen-bond acceptors (Lipinski definition) is 1. The van der Waals surface area contributed by atoms with Crippen LogP contribution in [0.1, 0.15) is 41.0 Å². The van der Waals surface area contributed by atoms with Gasteiger partial charge in [0.2, 0.25) is 0 Å². The topological polar surface area (TPSA) is 20.2 Å². The molecule has 0 fully saturated rings. The lowest BCUT2D eigenvalue weighted by Gasteiger charge is -2.28. The first-order valence-electron chi connectivity index (χ1n) is 15.3. The maximum Gasteiger partial charge on any atom is 0.416 e. The third kappa shape index (κ3) is 4.64. The van der Waals surface area contributed by atoms with E-state index in [4.69, 9.17) is 0 Å². The highest BCUT2D eigenvalue weighted by molar-refractivity contribution is 6.14. The molecule has 2 aliphatic rings. The lowest BCUT2D eigenvalue weighted by atomic mass is 9.76. The molecule has 6 aromatic rings. The summed E-state index contributed by atoms with van der Waals surface area (Å²) in [5, 5.41) is 17.2. The summed E-state index contributed by atoms with van der Waals surface area (Å²) in [5.41, 5.74) is 6.63. The molecule has 0 saturated heterocycles. The fourth-order valence-electron chi connectivity index (χ4n) is 7.32. The van der Waals surface area contributed by atoms with Crippen LogP contribution in [0.15, 0.2) is 109 Å². The Bertz CT molecular complexity index is 2290. The summed E-state index contributed by atoms with van der Waals surface area (Å²) in [7, 11) is 0. The SMILES string of the molecule is Oc1ccc(-c2c3c(c(-c4cc5ccccc5c5ccccc45)c4c2=CCCC=4)C=CC(c2cccc(C(F)(F)F)c2)C3)cc1. The molecule has 0 amide bonds. The number of alkyl halides is 3. The van der Waals surface area contributed by atoms with Crippen LogP contribution in [-0.2, 0) is 12.6 Å². The second-order valence-electron chi connectivity index (χ2n) is 12.0. The van der Waals surface area contributed by atoms with E-state index in [1.807, 2.05) is 12.1 Å². The molecular formula is C41H29F3O. The first-order valence-corrected chi connectivity index (χ1v) is 15.3. The van der Waals surface area contributed by atoms with Gasteiger partial charge < -0.3 is 5.11 Å². The fourth-order valence-corrected chi connectivity index (χ4v) is 7.32. The van der Waals surface area contributed by atoms with E-state index in [0.29, 0.717) is 12.0 Å². The Morgan fingerprint density at radius 3 is 2.11 bits per heavy atom. The summed E-state index contributed by atoms with van der Waals surface area (Å²) < 4.78 is 41.1. The highest BCUT2D eigenvalue weighted by Gasteiger charge is 2.32. The summed E-state index contributed by atoms with van der Waals surface area (Å²) in [4.78, 5) is 0. The Hall–Kier alpha value is -5.09. The zero-order chi connectivity index (χ0) is 30.7. The monoisotopic (exact) mass is 594 g/mol. The van der Waals surface area contributed by atoms with E-state index in [1.165, 1.54) is 39.1 Å². The van der Waals surface area contributed by atoms with Gasteiger partial charge in [-0.15, -0.1) is 0 Å². The molecule has 0 saturated carbocycles. The molecule has 1 nitrogen and oxygen atoms in total. The van der Waals surface area contributed by atoms with Crippen molar-refractivity contribution in [2.45, 2.75) is 31.4 Å². The molecule has 0 aromatic heterocycles. The van der Waals surface area contributed by atoms with Gasteiger partial charge in [0.05, 0.1) is 5.56 Å². The van der Waals surface area contributed by atoms with E-state index in [-0.39, 0.29) is 11.7 Å². The van der Waals surface area contributed by atoms with E-state index >= 15 is 0 Å². The lowest BCUT2D eigenvalue weighted by Crippen LogP contribution is -2.34. The van der Waals surface area contributed by atoms with Gasteiger partial charge in [0.15, 0.2) is 0 Å². The largest absolute Gasteiger partial charge is 0.508 e. The molecule has 0 heterocycles. The van der Waals surface area contributed by atoms with Gasteiger partial charge in [-0.25, -0.2) is 0 Å². The highest BCUT2D eigenvalue weighted by Crippen LogP contribution is 2.42. The van der Waals surface area contributed by atoms with Gasteiger partial charge in [-0.3, -0.25) is 0 Å². The average Bonchev–Trinajstić information content (AvgIpc) is 3.07. The molecule has 220 valence electrons. The Morgan fingerprint density at radius 1 is 0.667 bits per heavy atom. The summed E-state index contributed by atoms with van der Waals surface area (Å²) in [6.45, 7) is 0. The molecule has 4 heteroatoms. The molecule has 45 heavy (non-hydrogen) atoms. The van der Waals surface area contributed by atoms with E-state index in [9.17, 15) is 18.3 Å². The Balaban J connectivity index is 1.46. The number of rotatable bonds is 3. The van der Waals surface area contributed by atoms with Gasteiger partial charge in [0, 0.05) is 5.92 Å². The first kappa shape index (κ1) is 27.5. The minimum absolute atomic E-state index is 0.193. The number of phenolic OH excluding ortho intramolecular Hbond substituents is 1. The number of hydrogen-bond donors (Lipinski definition) is 1. The van der Waals surface area contributed by atoms with Gasteiger partial charge in [-0.05, 0) is 114 Å².